The fourth-order valence-electron chi connectivity index (χ4n) is 2.71. The van der Waals surface area contributed by atoms with Crippen LogP contribution in [-0.4, -0.2) is 39.5 Å². The van der Waals surface area contributed by atoms with Crippen molar-refractivity contribution in [2.75, 3.05) is 19.4 Å². The first-order valence-electron chi connectivity index (χ1n) is 7.93. The van der Waals surface area contributed by atoms with Crippen LogP contribution in [0.5, 0.6) is 0 Å². The van der Waals surface area contributed by atoms with Crippen LogP contribution in [0.4, 0.5) is 5.82 Å². The first-order chi connectivity index (χ1) is 11.1. The number of imidazole rings is 1. The van der Waals surface area contributed by atoms with Crippen molar-refractivity contribution in [1.82, 2.24) is 19.3 Å². The molecule has 2 heterocycles. The first kappa shape index (κ1) is 15.5. The van der Waals surface area contributed by atoms with Gasteiger partial charge < -0.3 is 5.32 Å². The maximum atomic E-state index is 4.68. The largest absolute Gasteiger partial charge is 0.356 e. The molecule has 5 heteroatoms. The Bertz CT molecular complexity index is 792. The second kappa shape index (κ2) is 6.38. The first-order valence-corrected chi connectivity index (χ1v) is 7.93. The van der Waals surface area contributed by atoms with Gasteiger partial charge in [0, 0.05) is 23.5 Å². The van der Waals surface area contributed by atoms with Crippen LogP contribution in [0.1, 0.15) is 19.0 Å². The molecule has 120 valence electrons. The molecule has 1 atom stereocenters. The summed E-state index contributed by atoms with van der Waals surface area (Å²) >= 11 is 0. The maximum Gasteiger partial charge on any atom is 0.236 e. The maximum absolute atomic E-state index is 4.68. The lowest BCUT2D eigenvalue weighted by molar-refractivity contribution is 0.314. The van der Waals surface area contributed by atoms with E-state index in [2.05, 4.69) is 59.4 Å². The van der Waals surface area contributed by atoms with E-state index in [4.69, 9.17) is 0 Å². The van der Waals surface area contributed by atoms with Crippen molar-refractivity contribution in [3.8, 4) is 11.3 Å². The second-order valence-electron chi connectivity index (χ2n) is 5.98. The molecule has 0 amide bonds. The van der Waals surface area contributed by atoms with Gasteiger partial charge in [0.25, 0.3) is 0 Å². The molecule has 0 saturated heterocycles. The number of nitrogens with zero attached hydrogens (tertiary/aromatic N) is 4. The van der Waals surface area contributed by atoms with Gasteiger partial charge in [-0.1, -0.05) is 37.3 Å². The van der Waals surface area contributed by atoms with Gasteiger partial charge in [-0.25, -0.2) is 9.97 Å². The predicted molar refractivity (Wildman–Crippen MR) is 94.5 cm³/mol. The quantitative estimate of drug-likeness (QED) is 0.734. The van der Waals surface area contributed by atoms with Crippen molar-refractivity contribution in [1.29, 1.82) is 0 Å². The minimum absolute atomic E-state index is 0.266. The summed E-state index contributed by atoms with van der Waals surface area (Å²) in [7, 11) is 4.16. The summed E-state index contributed by atoms with van der Waals surface area (Å²) in [5.41, 5.74) is 2.99. The molecule has 1 N–H and O–H groups in total. The zero-order chi connectivity index (χ0) is 16.4. The third-order valence-corrected chi connectivity index (χ3v) is 3.96. The van der Waals surface area contributed by atoms with Gasteiger partial charge in [-0.2, -0.15) is 0 Å². The van der Waals surface area contributed by atoms with Crippen molar-refractivity contribution in [3.63, 3.8) is 0 Å². The van der Waals surface area contributed by atoms with Gasteiger partial charge in [-0.3, -0.25) is 9.30 Å². The predicted octanol–water partition coefficient (Wildman–Crippen LogP) is 3.41. The van der Waals surface area contributed by atoms with Crippen LogP contribution in [0, 0.1) is 6.92 Å². The number of nitrogens with one attached hydrogen (secondary N) is 1. The topological polar surface area (TPSA) is 45.5 Å². The average molecular weight is 309 g/mol. The second-order valence-corrected chi connectivity index (χ2v) is 5.98. The molecular formula is C18H23N5. The molecule has 5 nitrogen and oxygen atoms in total. The van der Waals surface area contributed by atoms with Crippen LogP contribution in [0.3, 0.4) is 0 Å². The number of hydrogen-bond donors (Lipinski definition) is 1. The molecule has 3 rings (SSSR count). The molecule has 1 unspecified atom stereocenters. The fourth-order valence-corrected chi connectivity index (χ4v) is 2.71. The van der Waals surface area contributed by atoms with Crippen molar-refractivity contribution >= 4 is 11.6 Å². The molecule has 3 aromatic rings. The highest BCUT2D eigenvalue weighted by atomic mass is 15.3. The van der Waals surface area contributed by atoms with Crippen molar-refractivity contribution in [3.05, 3.63) is 48.3 Å². The van der Waals surface area contributed by atoms with E-state index in [1.54, 1.807) is 0 Å². The summed E-state index contributed by atoms with van der Waals surface area (Å²) in [6.45, 7) is 4.17. The summed E-state index contributed by atoms with van der Waals surface area (Å²) < 4.78 is 2.03. The summed E-state index contributed by atoms with van der Waals surface area (Å²) in [6, 6.07) is 12.3. The Morgan fingerprint density at radius 3 is 2.57 bits per heavy atom. The number of aryl methyl sites for hydroxylation is 1. The highest BCUT2D eigenvalue weighted by molar-refractivity contribution is 5.63. The van der Waals surface area contributed by atoms with Crippen LogP contribution in [0.25, 0.3) is 17.0 Å². The van der Waals surface area contributed by atoms with E-state index in [1.807, 2.05) is 35.7 Å². The van der Waals surface area contributed by atoms with Crippen LogP contribution in [-0.2, 0) is 0 Å². The molecule has 0 radical (unpaired) electrons. The highest BCUT2D eigenvalue weighted by Gasteiger charge is 2.13. The lowest BCUT2D eigenvalue weighted by atomic mass is 10.2. The summed E-state index contributed by atoms with van der Waals surface area (Å²) in [6.07, 6.45) is 3.32. The van der Waals surface area contributed by atoms with Crippen molar-refractivity contribution in [2.45, 2.75) is 26.4 Å². The summed E-state index contributed by atoms with van der Waals surface area (Å²) in [5.74, 6) is 1.74. The Morgan fingerprint density at radius 1 is 1.17 bits per heavy atom. The Labute approximate surface area is 137 Å². The molecular weight excluding hydrogens is 286 g/mol. The normalized spacial score (nSPS) is 12.7. The minimum atomic E-state index is 0.266. The van der Waals surface area contributed by atoms with E-state index in [0.29, 0.717) is 0 Å². The molecule has 0 saturated carbocycles. The van der Waals surface area contributed by atoms with E-state index in [1.165, 1.54) is 0 Å². The van der Waals surface area contributed by atoms with Gasteiger partial charge in [0.1, 0.15) is 5.82 Å². The number of benzene rings is 1. The number of aromatic nitrogens is 3. The number of anilines is 1. The Kier molecular flexibility index (Phi) is 4.30. The average Bonchev–Trinajstić information content (AvgIpc) is 2.96. The van der Waals surface area contributed by atoms with Gasteiger partial charge >= 0.3 is 0 Å². The lowest BCUT2D eigenvalue weighted by Gasteiger charge is -2.25. The van der Waals surface area contributed by atoms with Crippen LogP contribution in [0.2, 0.25) is 0 Å². The standard InChI is InChI=1S/C18H23N5/c1-5-16(22(3)4)21-17-11-13(2)19-18-20-15(12-23(17)18)14-9-7-6-8-10-14/h6-12,16,21H,5H2,1-4H3. The SMILES string of the molecule is CCC(Nc1cc(C)nc2nc(-c3ccccc3)cn12)N(C)C. The van der Waals surface area contributed by atoms with E-state index < -0.39 is 0 Å². The van der Waals surface area contributed by atoms with Crippen LogP contribution in [0.15, 0.2) is 42.6 Å². The third-order valence-electron chi connectivity index (χ3n) is 3.96. The van der Waals surface area contributed by atoms with Crippen LogP contribution >= 0.6 is 0 Å². The molecule has 0 bridgehead atoms. The van der Waals surface area contributed by atoms with Gasteiger partial charge in [0.05, 0.1) is 11.9 Å². The Morgan fingerprint density at radius 2 is 1.91 bits per heavy atom. The summed E-state index contributed by atoms with van der Waals surface area (Å²) in [4.78, 5) is 11.4. The smallest absolute Gasteiger partial charge is 0.236 e. The van der Waals surface area contributed by atoms with Crippen molar-refractivity contribution < 1.29 is 0 Å². The molecule has 0 aliphatic carbocycles. The monoisotopic (exact) mass is 309 g/mol. The summed E-state index contributed by atoms with van der Waals surface area (Å²) in [5, 5.41) is 3.59. The lowest BCUT2D eigenvalue weighted by Crippen LogP contribution is -2.35. The molecule has 0 aliphatic rings. The zero-order valence-electron chi connectivity index (χ0n) is 14.1. The Balaban J connectivity index is 2.06. The molecule has 2 aromatic heterocycles. The van der Waals surface area contributed by atoms with Gasteiger partial charge in [-0.05, 0) is 27.4 Å². The number of hydrogen-bond acceptors (Lipinski definition) is 4. The number of fused-ring (bicyclic) bond motifs is 1. The van der Waals surface area contributed by atoms with Gasteiger partial charge in [-0.15, -0.1) is 0 Å². The third kappa shape index (κ3) is 3.19. The minimum Gasteiger partial charge on any atom is -0.356 e. The van der Waals surface area contributed by atoms with Crippen molar-refractivity contribution in [2.24, 2.45) is 0 Å². The highest BCUT2D eigenvalue weighted by Crippen LogP contribution is 2.22. The molecule has 23 heavy (non-hydrogen) atoms. The van der Waals surface area contributed by atoms with Crippen LogP contribution < -0.4 is 5.32 Å². The van der Waals surface area contributed by atoms with E-state index in [9.17, 15) is 0 Å². The zero-order valence-corrected chi connectivity index (χ0v) is 14.1. The van der Waals surface area contributed by atoms with Gasteiger partial charge in [0.15, 0.2) is 0 Å². The fraction of sp³-hybridized carbons (Fsp3) is 0.333. The van der Waals surface area contributed by atoms with E-state index >= 15 is 0 Å². The van der Waals surface area contributed by atoms with E-state index in [-0.39, 0.29) is 6.17 Å². The molecule has 0 aliphatic heterocycles. The Hall–Kier alpha value is -2.40. The number of rotatable bonds is 5. The van der Waals surface area contributed by atoms with Gasteiger partial charge in [0.2, 0.25) is 5.78 Å². The molecule has 0 spiro atoms. The van der Waals surface area contributed by atoms with E-state index in [0.717, 1.165) is 35.0 Å². The molecule has 0 fully saturated rings. The molecule has 1 aromatic carbocycles.